The third kappa shape index (κ3) is 5.71. The maximum Gasteiger partial charge on any atom is 0.228 e. The summed E-state index contributed by atoms with van der Waals surface area (Å²) in [7, 11) is 3.16. The second kappa shape index (κ2) is 10.5. The summed E-state index contributed by atoms with van der Waals surface area (Å²) in [6, 6.07) is 22.4. The highest BCUT2D eigenvalue weighted by Gasteiger charge is 2.33. The zero-order valence-corrected chi connectivity index (χ0v) is 19.0. The van der Waals surface area contributed by atoms with Crippen LogP contribution in [0.3, 0.4) is 0 Å². The normalized spacial score (nSPS) is 18.5. The summed E-state index contributed by atoms with van der Waals surface area (Å²) in [6.45, 7) is 1.34. The molecule has 1 N–H and O–H groups in total. The fraction of sp³-hybridized carbons (Fsp3) is 0.296. The first-order valence-electron chi connectivity index (χ1n) is 11.1. The largest absolute Gasteiger partial charge is 0.497 e. The monoisotopic (exact) mass is 448 g/mol. The summed E-state index contributed by atoms with van der Waals surface area (Å²) >= 11 is 0. The van der Waals surface area contributed by atoms with Crippen molar-refractivity contribution in [1.29, 1.82) is 0 Å². The molecule has 6 heteroatoms. The summed E-state index contributed by atoms with van der Waals surface area (Å²) in [5, 5.41) is 3.03. The Bertz CT molecular complexity index is 1050. The quantitative estimate of drug-likeness (QED) is 0.523. The van der Waals surface area contributed by atoms with E-state index in [0.717, 1.165) is 24.9 Å². The molecule has 1 aliphatic heterocycles. The average Bonchev–Trinajstić information content (AvgIpc) is 2.85. The third-order valence-corrected chi connectivity index (χ3v) is 6.16. The molecule has 0 saturated carbocycles. The molecule has 1 saturated heterocycles. The minimum Gasteiger partial charge on any atom is -0.497 e. The maximum atomic E-state index is 13.5. The fourth-order valence-electron chi connectivity index (χ4n) is 4.44. The molecule has 1 amide bonds. The van der Waals surface area contributed by atoms with Gasteiger partial charge in [0.15, 0.2) is 0 Å². The van der Waals surface area contributed by atoms with Crippen LogP contribution in [0.2, 0.25) is 0 Å². The Morgan fingerprint density at radius 3 is 2.27 bits per heavy atom. The van der Waals surface area contributed by atoms with Gasteiger partial charge in [0, 0.05) is 43.0 Å². The van der Waals surface area contributed by atoms with Gasteiger partial charge in [-0.1, -0.05) is 42.5 Å². The number of anilines is 1. The summed E-state index contributed by atoms with van der Waals surface area (Å²) in [6.07, 6.45) is 1.57. The van der Waals surface area contributed by atoms with E-state index in [0.29, 0.717) is 23.7 Å². The van der Waals surface area contributed by atoms with Crippen molar-refractivity contribution < 1.29 is 18.7 Å². The van der Waals surface area contributed by atoms with E-state index in [1.54, 1.807) is 32.4 Å². The van der Waals surface area contributed by atoms with Gasteiger partial charge in [-0.25, -0.2) is 4.39 Å². The van der Waals surface area contributed by atoms with E-state index in [4.69, 9.17) is 9.47 Å². The first-order chi connectivity index (χ1) is 16.1. The van der Waals surface area contributed by atoms with Crippen LogP contribution in [0.1, 0.15) is 30.0 Å². The first-order valence-corrected chi connectivity index (χ1v) is 11.1. The Morgan fingerprint density at radius 1 is 0.970 bits per heavy atom. The molecule has 172 valence electrons. The van der Waals surface area contributed by atoms with Gasteiger partial charge in [-0.2, -0.15) is 0 Å². The molecule has 4 rings (SSSR count). The molecule has 33 heavy (non-hydrogen) atoms. The molecule has 3 aromatic carbocycles. The second-order valence-corrected chi connectivity index (χ2v) is 8.35. The van der Waals surface area contributed by atoms with Crippen LogP contribution in [0.25, 0.3) is 0 Å². The number of nitrogens with one attached hydrogen (secondary N) is 1. The molecule has 2 atom stereocenters. The first kappa shape index (κ1) is 22.8. The SMILES string of the molecule is COc1cc(NC(=O)C2CCC(c3ccc(F)cc3)N(Cc3ccccc3)C2)cc(OC)c1. The third-order valence-electron chi connectivity index (χ3n) is 6.16. The number of halogens is 1. The van der Waals surface area contributed by atoms with Crippen LogP contribution in [0.5, 0.6) is 11.5 Å². The highest BCUT2D eigenvalue weighted by Crippen LogP contribution is 2.35. The van der Waals surface area contributed by atoms with Crippen molar-refractivity contribution in [3.05, 3.63) is 89.7 Å². The number of methoxy groups -OCH3 is 2. The number of hydrogen-bond acceptors (Lipinski definition) is 4. The topological polar surface area (TPSA) is 50.8 Å². The van der Waals surface area contributed by atoms with Gasteiger partial charge in [0.05, 0.1) is 20.1 Å². The van der Waals surface area contributed by atoms with Crippen molar-refractivity contribution in [2.24, 2.45) is 5.92 Å². The van der Waals surface area contributed by atoms with Gasteiger partial charge in [0.2, 0.25) is 5.91 Å². The van der Waals surface area contributed by atoms with Crippen molar-refractivity contribution in [1.82, 2.24) is 4.90 Å². The van der Waals surface area contributed by atoms with E-state index in [1.807, 2.05) is 30.3 Å². The number of likely N-dealkylation sites (tertiary alicyclic amines) is 1. The zero-order chi connectivity index (χ0) is 23.2. The van der Waals surface area contributed by atoms with Crippen molar-refractivity contribution in [3.63, 3.8) is 0 Å². The minimum absolute atomic E-state index is 0.0269. The van der Waals surface area contributed by atoms with Gasteiger partial charge in [-0.15, -0.1) is 0 Å². The van der Waals surface area contributed by atoms with Crippen LogP contribution < -0.4 is 14.8 Å². The number of ether oxygens (including phenoxy) is 2. The number of carbonyl (C=O) groups excluding carboxylic acids is 1. The molecule has 1 aliphatic rings. The second-order valence-electron chi connectivity index (χ2n) is 8.35. The minimum atomic E-state index is -0.241. The molecule has 3 aromatic rings. The summed E-state index contributed by atoms with van der Waals surface area (Å²) < 4.78 is 24.1. The standard InChI is InChI=1S/C27H29FN2O3/c1-32-24-14-23(15-25(16-24)33-2)29-27(31)21-10-13-26(20-8-11-22(28)12-9-20)30(18-21)17-19-6-4-3-5-7-19/h3-9,11-12,14-16,21,26H,10,13,17-18H2,1-2H3,(H,29,31). The predicted octanol–water partition coefficient (Wildman–Crippen LogP) is 5.43. The van der Waals surface area contributed by atoms with Gasteiger partial charge in [-0.3, -0.25) is 9.69 Å². The van der Waals surface area contributed by atoms with E-state index in [9.17, 15) is 9.18 Å². The van der Waals surface area contributed by atoms with Gasteiger partial charge >= 0.3 is 0 Å². The molecular weight excluding hydrogens is 419 g/mol. The molecule has 1 heterocycles. The van der Waals surface area contributed by atoms with Gasteiger partial charge in [0.1, 0.15) is 17.3 Å². The summed E-state index contributed by atoms with van der Waals surface area (Å²) in [4.78, 5) is 15.5. The van der Waals surface area contributed by atoms with E-state index in [2.05, 4.69) is 22.3 Å². The molecule has 5 nitrogen and oxygen atoms in total. The van der Waals surface area contributed by atoms with E-state index >= 15 is 0 Å². The lowest BCUT2D eigenvalue weighted by atomic mass is 9.88. The highest BCUT2D eigenvalue weighted by molar-refractivity contribution is 5.93. The lowest BCUT2D eigenvalue weighted by molar-refractivity contribution is -0.122. The molecule has 0 spiro atoms. The highest BCUT2D eigenvalue weighted by atomic mass is 19.1. The lowest BCUT2D eigenvalue weighted by Crippen LogP contribution is -2.42. The molecule has 0 aliphatic carbocycles. The summed E-state index contributed by atoms with van der Waals surface area (Å²) in [5.74, 6) is 0.810. The number of nitrogens with zero attached hydrogens (tertiary/aromatic N) is 1. The number of amides is 1. The van der Waals surface area contributed by atoms with Crippen LogP contribution in [0, 0.1) is 11.7 Å². The number of rotatable bonds is 7. The Balaban J connectivity index is 1.52. The molecule has 2 unspecified atom stereocenters. The summed E-state index contributed by atoms with van der Waals surface area (Å²) in [5.41, 5.74) is 2.90. The Labute approximate surface area is 194 Å². The van der Waals surface area contributed by atoms with Gasteiger partial charge in [0.25, 0.3) is 0 Å². The molecule has 1 fully saturated rings. The van der Waals surface area contributed by atoms with E-state index in [1.165, 1.54) is 17.7 Å². The van der Waals surface area contributed by atoms with Crippen LogP contribution in [0.15, 0.2) is 72.8 Å². The van der Waals surface area contributed by atoms with Crippen molar-refractivity contribution in [2.75, 3.05) is 26.1 Å². The Hall–Kier alpha value is -3.38. The Morgan fingerprint density at radius 2 is 1.64 bits per heavy atom. The maximum absolute atomic E-state index is 13.5. The smallest absolute Gasteiger partial charge is 0.228 e. The number of carbonyl (C=O) groups is 1. The van der Waals surface area contributed by atoms with Crippen LogP contribution in [0.4, 0.5) is 10.1 Å². The molecule has 0 radical (unpaired) electrons. The molecule has 0 aromatic heterocycles. The zero-order valence-electron chi connectivity index (χ0n) is 19.0. The van der Waals surface area contributed by atoms with Gasteiger partial charge < -0.3 is 14.8 Å². The molecular formula is C27H29FN2O3. The van der Waals surface area contributed by atoms with Crippen molar-refractivity contribution in [3.8, 4) is 11.5 Å². The van der Waals surface area contributed by atoms with E-state index in [-0.39, 0.29) is 23.7 Å². The lowest BCUT2D eigenvalue weighted by Gasteiger charge is -2.39. The van der Waals surface area contributed by atoms with Crippen molar-refractivity contribution >= 4 is 11.6 Å². The Kier molecular flexibility index (Phi) is 7.25. The average molecular weight is 449 g/mol. The van der Waals surface area contributed by atoms with Crippen LogP contribution in [-0.4, -0.2) is 31.6 Å². The van der Waals surface area contributed by atoms with Crippen LogP contribution >= 0.6 is 0 Å². The fourth-order valence-corrected chi connectivity index (χ4v) is 4.44. The van der Waals surface area contributed by atoms with Crippen LogP contribution in [-0.2, 0) is 11.3 Å². The predicted molar refractivity (Wildman–Crippen MR) is 127 cm³/mol. The molecule has 0 bridgehead atoms. The van der Waals surface area contributed by atoms with Crippen molar-refractivity contribution in [2.45, 2.75) is 25.4 Å². The number of hydrogen-bond donors (Lipinski definition) is 1. The van der Waals surface area contributed by atoms with E-state index < -0.39 is 0 Å². The van der Waals surface area contributed by atoms with Gasteiger partial charge in [-0.05, 0) is 36.1 Å². The number of benzene rings is 3. The number of piperidine rings is 1.